The zero-order valence-electron chi connectivity index (χ0n) is 3.77. The molecule has 0 saturated heterocycles. The van der Waals surface area contributed by atoms with Gasteiger partial charge in [0, 0.05) is 5.69 Å². The Balaban J connectivity index is 0. The van der Waals surface area contributed by atoms with Gasteiger partial charge in [-0.25, -0.2) is 5.26 Å². The van der Waals surface area contributed by atoms with Gasteiger partial charge in [0.25, 0.3) is 0 Å². The van der Waals surface area contributed by atoms with Crippen molar-refractivity contribution in [2.75, 3.05) is 0 Å². The molecular weight excluding hydrogens is 108 g/mol. The van der Waals surface area contributed by atoms with Crippen LogP contribution in [0.25, 0.3) is 0 Å². The molecule has 0 radical (unpaired) electrons. The van der Waals surface area contributed by atoms with Gasteiger partial charge in [-0.15, -0.1) is 0 Å². The zero-order valence-corrected chi connectivity index (χ0v) is 6.60. The van der Waals surface area contributed by atoms with Crippen molar-refractivity contribution in [2.45, 2.75) is 0 Å². The third-order valence-electron chi connectivity index (χ3n) is 0.158. The molecule has 0 N–H and O–H groups in total. The fourth-order valence-corrected chi connectivity index (χ4v) is 0. The molecule has 0 aliphatic carbocycles. The minimum absolute atomic E-state index is 0.270. The summed E-state index contributed by atoms with van der Waals surface area (Å²) in [5, 5.41) is 7.69. The Morgan fingerprint density at radius 3 is 2.00 bits per heavy atom. The molecule has 5 heteroatoms. The summed E-state index contributed by atoms with van der Waals surface area (Å²) in [6, 6.07) is 0. The van der Waals surface area contributed by atoms with Crippen LogP contribution in [0.5, 0.6) is 0 Å². The fraction of sp³-hybridized carbons (Fsp3) is 0. The summed E-state index contributed by atoms with van der Waals surface area (Å²) >= 11 is 0.611. The first-order valence-corrected chi connectivity index (χ1v) is 4.27. The maximum atomic E-state index is 8.28. The number of nitrogens with zero attached hydrogens (tertiary/aromatic N) is 1. The van der Waals surface area contributed by atoms with Crippen LogP contribution in [0.2, 0.25) is 0 Å². The predicted octanol–water partition coefficient (Wildman–Crippen LogP) is -2.58. The molecule has 6 heavy (non-hydrogen) atoms. The molecule has 0 aromatic carbocycles. The van der Waals surface area contributed by atoms with Crippen molar-refractivity contribution in [3.63, 3.8) is 0 Å². The summed E-state index contributed by atoms with van der Waals surface area (Å²) in [6.45, 7) is 0. The monoisotopic (exact) mass is 113 g/mol. The quantitative estimate of drug-likeness (QED) is 0.323. The van der Waals surface area contributed by atoms with Crippen LogP contribution in [0.4, 0.5) is 0 Å². The molecule has 30 valence electrons. The summed E-state index contributed by atoms with van der Waals surface area (Å²) in [4.78, 5) is 0. The molecule has 0 saturated carbocycles. The van der Waals surface area contributed by atoms with E-state index in [0.717, 1.165) is 0 Å². The molecule has 0 bridgehead atoms. The molecule has 0 aliphatic heterocycles. The average Bonchev–Trinajstić information content (AvgIpc) is 1.72. The second-order valence-electron chi connectivity index (χ2n) is 0.512. The van der Waals surface area contributed by atoms with Gasteiger partial charge in [-0.2, -0.15) is 0 Å². The Kier molecular flexibility index (Phi) is 30.6. The summed E-state index contributed by atoms with van der Waals surface area (Å²) in [5.74, 6) is 0. The van der Waals surface area contributed by atoms with Crippen molar-refractivity contribution < 1.29 is 3.80 Å². The molecule has 0 heterocycles. The van der Waals surface area contributed by atoms with E-state index in [1.807, 2.05) is 7.44 Å². The maximum absolute atomic E-state index is 8.28. The number of hydrogen-bond acceptors (Lipinski definition) is 2. The summed E-state index contributed by atoms with van der Waals surface area (Å²) < 4.78 is 8.28. The third-order valence-corrected chi connectivity index (χ3v) is 0.474. The molecule has 0 amide bonds. The second-order valence-corrected chi connectivity index (χ2v) is 1.54. The standard InChI is InChI=1S/CH4BNSi.Al.O.H/c2-4-1-3;;;/h2,4H2;;;. The van der Waals surface area contributed by atoms with E-state index in [1.165, 1.54) is 0 Å². The summed E-state index contributed by atoms with van der Waals surface area (Å²) in [7, 11) is 1.69. The molecule has 0 rings (SSSR count). The van der Waals surface area contributed by atoms with Gasteiger partial charge in [-0.05, 0) is 0 Å². The third kappa shape index (κ3) is 32.4. The van der Waals surface area contributed by atoms with Crippen LogP contribution >= 0.6 is 0 Å². The van der Waals surface area contributed by atoms with Crippen LogP contribution < -0.4 is 0 Å². The van der Waals surface area contributed by atoms with E-state index in [4.69, 9.17) is 9.07 Å². The van der Waals surface area contributed by atoms with Crippen molar-refractivity contribution in [3.8, 4) is 5.69 Å². The van der Waals surface area contributed by atoms with Crippen molar-refractivity contribution >= 4 is 33.1 Å². The van der Waals surface area contributed by atoms with Gasteiger partial charge in [-0.3, -0.25) is 0 Å². The minimum atomic E-state index is -0.270. The average molecular weight is 113 g/mol. The Bertz CT molecular complexity index is 54.0. The molecule has 0 aliphatic rings. The van der Waals surface area contributed by atoms with Crippen LogP contribution in [-0.2, 0) is 3.80 Å². The van der Waals surface area contributed by atoms with E-state index in [0.29, 0.717) is 16.2 Å². The van der Waals surface area contributed by atoms with Gasteiger partial charge in [0.15, 0.2) is 0 Å². The SMILES string of the molecule is B[SiH2]C#N.[O]=[AlH]. The van der Waals surface area contributed by atoms with Crippen LogP contribution in [-0.4, -0.2) is 33.1 Å². The summed E-state index contributed by atoms with van der Waals surface area (Å²) in [5.41, 5.74) is 2.07. The van der Waals surface area contributed by atoms with E-state index in [-0.39, 0.29) is 9.39 Å². The molecule has 0 atom stereocenters. The van der Waals surface area contributed by atoms with Gasteiger partial charge < -0.3 is 0 Å². The van der Waals surface area contributed by atoms with Crippen LogP contribution in [0.15, 0.2) is 0 Å². The Morgan fingerprint density at radius 1 is 1.83 bits per heavy atom. The Morgan fingerprint density at radius 2 is 2.00 bits per heavy atom. The van der Waals surface area contributed by atoms with E-state index in [9.17, 15) is 0 Å². The van der Waals surface area contributed by atoms with Crippen LogP contribution in [0, 0.1) is 11.0 Å². The van der Waals surface area contributed by atoms with E-state index < -0.39 is 0 Å². The molecule has 0 unspecified atom stereocenters. The topological polar surface area (TPSA) is 40.9 Å². The molecule has 0 fully saturated rings. The fourth-order valence-electron chi connectivity index (χ4n) is 0. The van der Waals surface area contributed by atoms with Crippen molar-refractivity contribution in [3.05, 3.63) is 0 Å². The van der Waals surface area contributed by atoms with Crippen LogP contribution in [0.3, 0.4) is 0 Å². The van der Waals surface area contributed by atoms with Crippen molar-refractivity contribution in [1.82, 2.24) is 0 Å². The van der Waals surface area contributed by atoms with Crippen molar-refractivity contribution in [1.29, 1.82) is 5.26 Å². The zero-order chi connectivity index (χ0) is 5.41. The van der Waals surface area contributed by atoms with Crippen molar-refractivity contribution in [2.24, 2.45) is 0 Å². The first-order chi connectivity index (χ1) is 2.91. The molecule has 0 spiro atoms. The molecular formula is CH5AlBNOSi. The van der Waals surface area contributed by atoms with Gasteiger partial charge in [0.1, 0.15) is 16.8 Å². The molecule has 0 aromatic rings. The first-order valence-electron chi connectivity index (χ1n) is 1.57. The van der Waals surface area contributed by atoms with Gasteiger partial charge >= 0.3 is 20.0 Å². The predicted molar refractivity (Wildman–Crippen MR) is 30.5 cm³/mol. The normalized spacial score (nSPS) is 5.67. The first kappa shape index (κ1) is 9.44. The number of nitriles is 1. The molecule has 0 aromatic heterocycles. The second kappa shape index (κ2) is 19.4. The van der Waals surface area contributed by atoms with Gasteiger partial charge in [0.2, 0.25) is 0 Å². The van der Waals surface area contributed by atoms with Crippen LogP contribution in [0.1, 0.15) is 0 Å². The van der Waals surface area contributed by atoms with Gasteiger partial charge in [0.05, 0.1) is 0 Å². The Labute approximate surface area is 48.3 Å². The van der Waals surface area contributed by atoms with E-state index in [2.05, 4.69) is 5.69 Å². The van der Waals surface area contributed by atoms with E-state index in [1.54, 1.807) is 0 Å². The Hall–Kier alpha value is 0.104. The van der Waals surface area contributed by atoms with Gasteiger partial charge in [-0.1, -0.05) is 0 Å². The number of rotatable bonds is 0. The number of hydrogen-bond donors (Lipinski definition) is 0. The van der Waals surface area contributed by atoms with E-state index >= 15 is 0 Å². The molecule has 2 nitrogen and oxygen atoms in total. The summed E-state index contributed by atoms with van der Waals surface area (Å²) in [6.07, 6.45) is 0.